The average molecular weight is 331 g/mol. The van der Waals surface area contributed by atoms with Crippen LogP contribution in [0, 0.1) is 6.92 Å². The van der Waals surface area contributed by atoms with Gasteiger partial charge in [0.25, 0.3) is 0 Å². The minimum atomic E-state index is -4.47. The first-order chi connectivity index (χ1) is 10.5. The number of urea groups is 1. The summed E-state index contributed by atoms with van der Waals surface area (Å²) in [5.74, 6) is -0.641. The van der Waals surface area contributed by atoms with Crippen molar-refractivity contribution in [3.05, 3.63) is 29.3 Å². The Morgan fingerprint density at radius 2 is 1.74 bits per heavy atom. The van der Waals surface area contributed by atoms with Crippen LogP contribution in [0.2, 0.25) is 0 Å². The molecule has 23 heavy (non-hydrogen) atoms. The number of rotatable bonds is 4. The Kier molecular flexibility index (Phi) is 6.00. The molecular formula is C15H20F3N3O2. The van der Waals surface area contributed by atoms with Gasteiger partial charge in [-0.2, -0.15) is 13.2 Å². The number of benzene rings is 1. The molecule has 3 amide bonds. The predicted octanol–water partition coefficient (Wildman–Crippen LogP) is 3.05. The molecule has 0 aliphatic rings. The number of hydrogen-bond acceptors (Lipinski definition) is 3. The van der Waals surface area contributed by atoms with Crippen molar-refractivity contribution in [2.45, 2.75) is 46.0 Å². The maximum Gasteiger partial charge on any atom is 0.416 e. The van der Waals surface area contributed by atoms with Gasteiger partial charge in [0, 0.05) is 11.7 Å². The second kappa shape index (κ2) is 7.34. The van der Waals surface area contributed by atoms with E-state index in [1.807, 2.05) is 0 Å². The minimum Gasteiger partial charge on any atom is -0.374 e. The molecule has 1 aromatic carbocycles. The van der Waals surface area contributed by atoms with Gasteiger partial charge in [0.1, 0.15) is 6.04 Å². The van der Waals surface area contributed by atoms with E-state index in [1.54, 1.807) is 13.8 Å². The van der Waals surface area contributed by atoms with E-state index in [2.05, 4.69) is 16.0 Å². The fraction of sp³-hybridized carbons (Fsp3) is 0.467. The number of carbonyl (C=O) groups excluding carboxylic acids is 2. The molecule has 0 aromatic heterocycles. The topological polar surface area (TPSA) is 70.2 Å². The molecule has 128 valence electrons. The van der Waals surface area contributed by atoms with Crippen molar-refractivity contribution in [3.63, 3.8) is 0 Å². The second-order valence-corrected chi connectivity index (χ2v) is 5.51. The standard InChI is InChI=1S/C15H20F3N3O2/c1-8(2)19-14(23)21-13(22)10(4)20-11-6-5-9(3)12(7-11)15(16,17)18/h5-8,10,20H,1-4H3,(H2,19,21,22,23). The molecule has 5 nitrogen and oxygen atoms in total. The average Bonchev–Trinajstić information content (AvgIpc) is 2.38. The monoisotopic (exact) mass is 331 g/mol. The highest BCUT2D eigenvalue weighted by Crippen LogP contribution is 2.33. The zero-order valence-corrected chi connectivity index (χ0v) is 13.3. The van der Waals surface area contributed by atoms with Crippen molar-refractivity contribution in [1.82, 2.24) is 10.6 Å². The molecule has 0 aliphatic heterocycles. The predicted molar refractivity (Wildman–Crippen MR) is 81.1 cm³/mol. The second-order valence-electron chi connectivity index (χ2n) is 5.51. The van der Waals surface area contributed by atoms with Crippen molar-refractivity contribution in [2.75, 3.05) is 5.32 Å². The van der Waals surface area contributed by atoms with Crippen LogP contribution < -0.4 is 16.0 Å². The molecule has 8 heteroatoms. The van der Waals surface area contributed by atoms with Crippen molar-refractivity contribution in [1.29, 1.82) is 0 Å². The highest BCUT2D eigenvalue weighted by molar-refractivity contribution is 5.98. The van der Waals surface area contributed by atoms with E-state index in [0.717, 1.165) is 6.07 Å². The molecule has 0 bridgehead atoms. The largest absolute Gasteiger partial charge is 0.416 e. The van der Waals surface area contributed by atoms with E-state index < -0.39 is 29.7 Å². The number of imide groups is 1. The summed E-state index contributed by atoms with van der Waals surface area (Å²) in [5.41, 5.74) is -0.529. The summed E-state index contributed by atoms with van der Waals surface area (Å²) < 4.78 is 38.6. The van der Waals surface area contributed by atoms with E-state index in [1.165, 1.54) is 26.0 Å². The first-order valence-electron chi connectivity index (χ1n) is 7.06. The summed E-state index contributed by atoms with van der Waals surface area (Å²) in [7, 11) is 0. The highest BCUT2D eigenvalue weighted by Gasteiger charge is 2.32. The van der Waals surface area contributed by atoms with Gasteiger partial charge in [-0.25, -0.2) is 4.79 Å². The van der Waals surface area contributed by atoms with E-state index in [4.69, 9.17) is 0 Å². The van der Waals surface area contributed by atoms with Crippen LogP contribution in [0.15, 0.2) is 18.2 Å². The Morgan fingerprint density at radius 3 is 2.26 bits per heavy atom. The number of carbonyl (C=O) groups is 2. The number of nitrogens with one attached hydrogen (secondary N) is 3. The molecule has 0 fully saturated rings. The molecule has 1 aromatic rings. The Hall–Kier alpha value is -2.25. The zero-order chi connectivity index (χ0) is 17.8. The molecule has 0 spiro atoms. The fourth-order valence-electron chi connectivity index (χ4n) is 1.85. The van der Waals surface area contributed by atoms with Crippen LogP contribution in [0.5, 0.6) is 0 Å². The smallest absolute Gasteiger partial charge is 0.374 e. The lowest BCUT2D eigenvalue weighted by Crippen LogP contribution is -2.47. The Bertz CT molecular complexity index is 586. The van der Waals surface area contributed by atoms with Gasteiger partial charge in [-0.05, 0) is 45.4 Å². The molecule has 0 aliphatic carbocycles. The third kappa shape index (κ3) is 5.80. The molecule has 0 heterocycles. The lowest BCUT2D eigenvalue weighted by molar-refractivity contribution is -0.138. The van der Waals surface area contributed by atoms with Crippen LogP contribution in [0.3, 0.4) is 0 Å². The van der Waals surface area contributed by atoms with Gasteiger partial charge in [0.05, 0.1) is 5.56 Å². The molecular weight excluding hydrogens is 311 g/mol. The van der Waals surface area contributed by atoms with Crippen molar-refractivity contribution in [2.24, 2.45) is 0 Å². The molecule has 1 atom stereocenters. The van der Waals surface area contributed by atoms with Crippen molar-refractivity contribution >= 4 is 17.6 Å². The fourth-order valence-corrected chi connectivity index (χ4v) is 1.85. The van der Waals surface area contributed by atoms with Gasteiger partial charge in [-0.1, -0.05) is 6.07 Å². The Balaban J connectivity index is 2.76. The zero-order valence-electron chi connectivity index (χ0n) is 13.3. The summed E-state index contributed by atoms with van der Waals surface area (Å²) in [5, 5.41) is 7.24. The van der Waals surface area contributed by atoms with Crippen LogP contribution >= 0.6 is 0 Å². The lowest BCUT2D eigenvalue weighted by atomic mass is 10.1. The van der Waals surface area contributed by atoms with E-state index in [-0.39, 0.29) is 17.3 Å². The molecule has 0 saturated heterocycles. The molecule has 3 N–H and O–H groups in total. The van der Waals surface area contributed by atoms with Gasteiger partial charge < -0.3 is 10.6 Å². The number of hydrogen-bond donors (Lipinski definition) is 3. The SMILES string of the molecule is Cc1ccc(NC(C)C(=O)NC(=O)NC(C)C)cc1C(F)(F)F. The molecule has 0 saturated carbocycles. The minimum absolute atomic E-state index is 0.0939. The number of aryl methyl sites for hydroxylation is 1. The lowest BCUT2D eigenvalue weighted by Gasteiger charge is -2.18. The normalized spacial score (nSPS) is 12.7. The summed E-state index contributed by atoms with van der Waals surface area (Å²) >= 11 is 0. The summed E-state index contributed by atoms with van der Waals surface area (Å²) in [6.45, 7) is 6.28. The maximum absolute atomic E-state index is 12.9. The van der Waals surface area contributed by atoms with E-state index in [0.29, 0.717) is 0 Å². The van der Waals surface area contributed by atoms with Crippen LogP contribution in [0.4, 0.5) is 23.7 Å². The van der Waals surface area contributed by atoms with Gasteiger partial charge in [0.15, 0.2) is 0 Å². The van der Waals surface area contributed by atoms with Gasteiger partial charge >= 0.3 is 12.2 Å². The van der Waals surface area contributed by atoms with Gasteiger partial charge in [-0.3, -0.25) is 10.1 Å². The van der Waals surface area contributed by atoms with Crippen LogP contribution in [0.25, 0.3) is 0 Å². The van der Waals surface area contributed by atoms with Gasteiger partial charge in [0.2, 0.25) is 5.91 Å². The number of alkyl halides is 3. The maximum atomic E-state index is 12.9. The number of amides is 3. The first kappa shape index (κ1) is 18.8. The van der Waals surface area contributed by atoms with E-state index >= 15 is 0 Å². The van der Waals surface area contributed by atoms with Crippen LogP contribution in [-0.4, -0.2) is 24.0 Å². The summed E-state index contributed by atoms with van der Waals surface area (Å²) in [4.78, 5) is 23.3. The molecule has 1 unspecified atom stereocenters. The van der Waals surface area contributed by atoms with Crippen LogP contribution in [0.1, 0.15) is 31.9 Å². The summed E-state index contributed by atoms with van der Waals surface area (Å²) in [6, 6.07) is 2.03. The van der Waals surface area contributed by atoms with Gasteiger partial charge in [-0.15, -0.1) is 0 Å². The van der Waals surface area contributed by atoms with Crippen molar-refractivity contribution in [3.8, 4) is 0 Å². The Labute approximate surface area is 132 Å². The first-order valence-corrected chi connectivity index (χ1v) is 7.06. The van der Waals surface area contributed by atoms with Crippen molar-refractivity contribution < 1.29 is 22.8 Å². The number of anilines is 1. The molecule has 1 rings (SSSR count). The third-order valence-electron chi connectivity index (χ3n) is 2.98. The quantitative estimate of drug-likeness (QED) is 0.794. The highest BCUT2D eigenvalue weighted by atomic mass is 19.4. The molecule has 0 radical (unpaired) electrons. The Morgan fingerprint density at radius 1 is 1.13 bits per heavy atom. The number of halogens is 3. The van der Waals surface area contributed by atoms with E-state index in [9.17, 15) is 22.8 Å². The summed E-state index contributed by atoms with van der Waals surface area (Å²) in [6.07, 6.45) is -4.47. The van der Waals surface area contributed by atoms with Crippen LogP contribution in [-0.2, 0) is 11.0 Å². The third-order valence-corrected chi connectivity index (χ3v) is 2.98.